The van der Waals surface area contributed by atoms with Crippen LogP contribution in [0.15, 0.2) is 54.6 Å². The van der Waals surface area contributed by atoms with Crippen LogP contribution in [0.4, 0.5) is 10.5 Å². The van der Waals surface area contributed by atoms with Crippen molar-refractivity contribution in [2.24, 2.45) is 0 Å². The molecule has 0 aromatic heterocycles. The molecule has 1 N–H and O–H groups in total. The molecule has 0 saturated carbocycles. The summed E-state index contributed by atoms with van der Waals surface area (Å²) in [5.74, 6) is 0.554. The number of thioether (sulfide) groups is 1. The number of imide groups is 1. The van der Waals surface area contributed by atoms with E-state index in [1.54, 1.807) is 0 Å². The standard InChI is InChI=1S/C18H18N2O3S/c1-2-23-15-10-8-14(9-11-15)19-16-17(21)20(18(22)24-16)12-13-6-4-3-5-7-13/h3-11,16,19H,2,12H2,1H3. The second kappa shape index (κ2) is 7.40. The molecule has 1 aliphatic heterocycles. The Hall–Kier alpha value is -2.47. The quantitative estimate of drug-likeness (QED) is 0.867. The zero-order valence-electron chi connectivity index (χ0n) is 13.3. The fourth-order valence-corrected chi connectivity index (χ4v) is 3.32. The molecular formula is C18H18N2O3S. The van der Waals surface area contributed by atoms with Crippen molar-refractivity contribution >= 4 is 28.6 Å². The first-order chi connectivity index (χ1) is 11.7. The van der Waals surface area contributed by atoms with Crippen LogP contribution in [0.5, 0.6) is 5.75 Å². The first-order valence-electron chi connectivity index (χ1n) is 7.72. The molecule has 2 amide bonds. The summed E-state index contributed by atoms with van der Waals surface area (Å²) in [6, 6.07) is 16.8. The van der Waals surface area contributed by atoms with Crippen LogP contribution in [0.25, 0.3) is 0 Å². The highest BCUT2D eigenvalue weighted by Crippen LogP contribution is 2.30. The van der Waals surface area contributed by atoms with Crippen molar-refractivity contribution in [1.29, 1.82) is 0 Å². The highest BCUT2D eigenvalue weighted by Gasteiger charge is 2.39. The van der Waals surface area contributed by atoms with E-state index in [1.807, 2.05) is 61.5 Å². The number of hydrogen-bond acceptors (Lipinski definition) is 5. The van der Waals surface area contributed by atoms with Gasteiger partial charge in [0.1, 0.15) is 5.75 Å². The van der Waals surface area contributed by atoms with Gasteiger partial charge in [0.15, 0.2) is 5.37 Å². The predicted octanol–water partition coefficient (Wildman–Crippen LogP) is 3.72. The predicted molar refractivity (Wildman–Crippen MR) is 95.0 cm³/mol. The van der Waals surface area contributed by atoms with Gasteiger partial charge >= 0.3 is 0 Å². The van der Waals surface area contributed by atoms with Crippen molar-refractivity contribution in [3.8, 4) is 5.75 Å². The van der Waals surface area contributed by atoms with Crippen LogP contribution in [0.3, 0.4) is 0 Å². The van der Waals surface area contributed by atoms with E-state index in [9.17, 15) is 9.59 Å². The summed E-state index contributed by atoms with van der Waals surface area (Å²) in [5.41, 5.74) is 1.71. The van der Waals surface area contributed by atoms with Crippen LogP contribution in [0.1, 0.15) is 12.5 Å². The molecule has 1 fully saturated rings. The molecule has 0 radical (unpaired) electrons. The fraction of sp³-hybridized carbons (Fsp3) is 0.222. The van der Waals surface area contributed by atoms with Crippen LogP contribution in [0, 0.1) is 0 Å². The summed E-state index contributed by atoms with van der Waals surface area (Å²) in [6.07, 6.45) is 0. The molecule has 1 aliphatic rings. The Kier molecular flexibility index (Phi) is 5.05. The Morgan fingerprint density at radius 2 is 1.79 bits per heavy atom. The number of anilines is 1. The average Bonchev–Trinajstić information content (AvgIpc) is 2.85. The van der Waals surface area contributed by atoms with Crippen molar-refractivity contribution in [2.75, 3.05) is 11.9 Å². The molecule has 2 aromatic rings. The van der Waals surface area contributed by atoms with Gasteiger partial charge in [0.05, 0.1) is 13.2 Å². The number of nitrogens with one attached hydrogen (secondary N) is 1. The van der Waals surface area contributed by atoms with Crippen molar-refractivity contribution in [1.82, 2.24) is 4.90 Å². The molecule has 0 aliphatic carbocycles. The van der Waals surface area contributed by atoms with Gasteiger partial charge in [0, 0.05) is 5.69 Å². The molecule has 0 bridgehead atoms. The molecule has 2 aromatic carbocycles. The van der Waals surface area contributed by atoms with Crippen LogP contribution in [-0.4, -0.2) is 28.0 Å². The lowest BCUT2D eigenvalue weighted by Crippen LogP contribution is -2.33. The summed E-state index contributed by atoms with van der Waals surface area (Å²) in [5, 5.41) is 2.27. The molecule has 6 heteroatoms. The van der Waals surface area contributed by atoms with Crippen LogP contribution >= 0.6 is 11.8 Å². The van der Waals surface area contributed by atoms with Gasteiger partial charge in [-0.3, -0.25) is 14.5 Å². The van der Waals surface area contributed by atoms with Gasteiger partial charge in [-0.2, -0.15) is 0 Å². The van der Waals surface area contributed by atoms with E-state index in [4.69, 9.17) is 4.74 Å². The van der Waals surface area contributed by atoms with Gasteiger partial charge in [0.25, 0.3) is 11.1 Å². The lowest BCUT2D eigenvalue weighted by molar-refractivity contribution is -0.126. The van der Waals surface area contributed by atoms with Gasteiger partial charge in [-0.15, -0.1) is 0 Å². The summed E-state index contributed by atoms with van der Waals surface area (Å²) in [4.78, 5) is 25.9. The molecule has 124 valence electrons. The van der Waals surface area contributed by atoms with E-state index in [1.165, 1.54) is 4.90 Å². The van der Waals surface area contributed by atoms with E-state index < -0.39 is 5.37 Å². The van der Waals surface area contributed by atoms with Crippen LogP contribution in [0.2, 0.25) is 0 Å². The van der Waals surface area contributed by atoms with E-state index in [2.05, 4.69) is 5.32 Å². The Morgan fingerprint density at radius 1 is 1.08 bits per heavy atom. The molecule has 1 atom stereocenters. The van der Waals surface area contributed by atoms with E-state index in [-0.39, 0.29) is 11.1 Å². The largest absolute Gasteiger partial charge is 0.494 e. The first-order valence-corrected chi connectivity index (χ1v) is 8.60. The summed E-state index contributed by atoms with van der Waals surface area (Å²) in [6.45, 7) is 2.83. The second-order valence-electron chi connectivity index (χ2n) is 5.28. The number of benzene rings is 2. The van der Waals surface area contributed by atoms with Gasteiger partial charge in [-0.25, -0.2) is 0 Å². The Morgan fingerprint density at radius 3 is 2.46 bits per heavy atom. The minimum absolute atomic E-state index is 0.220. The molecule has 1 saturated heterocycles. The molecule has 0 spiro atoms. The Bertz CT molecular complexity index is 719. The summed E-state index contributed by atoms with van der Waals surface area (Å²) in [7, 11) is 0. The molecule has 24 heavy (non-hydrogen) atoms. The highest BCUT2D eigenvalue weighted by molar-refractivity contribution is 8.15. The number of amides is 2. The van der Waals surface area contributed by atoms with Crippen LogP contribution < -0.4 is 10.1 Å². The zero-order chi connectivity index (χ0) is 16.9. The molecule has 1 unspecified atom stereocenters. The van der Waals surface area contributed by atoms with E-state index >= 15 is 0 Å². The van der Waals surface area contributed by atoms with Crippen LogP contribution in [-0.2, 0) is 11.3 Å². The van der Waals surface area contributed by atoms with Crippen molar-refractivity contribution in [3.05, 3.63) is 60.2 Å². The fourth-order valence-electron chi connectivity index (χ4n) is 2.41. The number of ether oxygens (including phenoxy) is 1. The van der Waals surface area contributed by atoms with Crippen molar-refractivity contribution in [3.63, 3.8) is 0 Å². The minimum Gasteiger partial charge on any atom is -0.494 e. The smallest absolute Gasteiger partial charge is 0.291 e. The maximum atomic E-state index is 12.5. The molecule has 3 rings (SSSR count). The monoisotopic (exact) mass is 342 g/mol. The number of nitrogens with zero attached hydrogens (tertiary/aromatic N) is 1. The second-order valence-corrected chi connectivity index (χ2v) is 6.33. The Labute approximate surface area is 145 Å². The third kappa shape index (κ3) is 3.71. The molecular weight excluding hydrogens is 324 g/mol. The summed E-state index contributed by atoms with van der Waals surface area (Å²) < 4.78 is 5.39. The third-order valence-electron chi connectivity index (χ3n) is 3.58. The number of carbonyl (C=O) groups excluding carboxylic acids is 2. The SMILES string of the molecule is CCOc1ccc(NC2SC(=O)N(Cc3ccccc3)C2=O)cc1. The lowest BCUT2D eigenvalue weighted by atomic mass is 10.2. The van der Waals surface area contributed by atoms with Crippen molar-refractivity contribution in [2.45, 2.75) is 18.8 Å². The maximum Gasteiger partial charge on any atom is 0.291 e. The van der Waals surface area contributed by atoms with Gasteiger partial charge in [-0.1, -0.05) is 30.3 Å². The first kappa shape index (κ1) is 16.4. The van der Waals surface area contributed by atoms with E-state index in [0.29, 0.717) is 13.2 Å². The molecule has 1 heterocycles. The number of hydrogen-bond donors (Lipinski definition) is 1. The van der Waals surface area contributed by atoms with Gasteiger partial charge in [-0.05, 0) is 48.5 Å². The average molecular weight is 342 g/mol. The summed E-state index contributed by atoms with van der Waals surface area (Å²) >= 11 is 1.01. The minimum atomic E-state index is -0.598. The van der Waals surface area contributed by atoms with E-state index in [0.717, 1.165) is 28.8 Å². The Balaban J connectivity index is 1.65. The van der Waals surface area contributed by atoms with Gasteiger partial charge < -0.3 is 10.1 Å². The van der Waals surface area contributed by atoms with Gasteiger partial charge in [0.2, 0.25) is 0 Å². The third-order valence-corrected chi connectivity index (χ3v) is 4.55. The lowest BCUT2D eigenvalue weighted by Gasteiger charge is -2.15. The van der Waals surface area contributed by atoms with Crippen molar-refractivity contribution < 1.29 is 14.3 Å². The topological polar surface area (TPSA) is 58.6 Å². The normalized spacial score (nSPS) is 17.2. The number of rotatable bonds is 6. The zero-order valence-corrected chi connectivity index (χ0v) is 14.1. The molecule has 5 nitrogen and oxygen atoms in total. The maximum absolute atomic E-state index is 12.5. The number of carbonyl (C=O) groups is 2. The highest BCUT2D eigenvalue weighted by atomic mass is 32.2.